The monoisotopic (exact) mass is 301 g/mol. The SMILES string of the molecule is O=C(O)c1nccnc1C(=O)NCc1ccc2c(c1)OCO2. The standard InChI is InChI=1S/C14H11N3O5/c18-13(11-12(14(19)20)16-4-3-15-11)17-6-8-1-2-9-10(5-8)22-7-21-9/h1-5H,6-7H2,(H,17,18)(H,19,20). The number of benzene rings is 1. The lowest BCUT2D eigenvalue weighted by atomic mass is 10.2. The largest absolute Gasteiger partial charge is 0.476 e. The highest BCUT2D eigenvalue weighted by Crippen LogP contribution is 2.32. The molecule has 0 saturated carbocycles. The lowest BCUT2D eigenvalue weighted by Crippen LogP contribution is -2.26. The number of ether oxygens (including phenoxy) is 2. The van der Waals surface area contributed by atoms with Crippen molar-refractivity contribution in [2.75, 3.05) is 6.79 Å². The van der Waals surface area contributed by atoms with Crippen molar-refractivity contribution in [3.8, 4) is 11.5 Å². The number of hydrogen-bond acceptors (Lipinski definition) is 6. The number of amides is 1. The van der Waals surface area contributed by atoms with Crippen molar-refractivity contribution >= 4 is 11.9 Å². The number of nitrogens with one attached hydrogen (secondary N) is 1. The predicted molar refractivity (Wildman–Crippen MR) is 72.7 cm³/mol. The van der Waals surface area contributed by atoms with E-state index in [9.17, 15) is 9.59 Å². The number of carboxylic acids is 1. The molecule has 0 aliphatic carbocycles. The fourth-order valence-electron chi connectivity index (χ4n) is 1.98. The molecule has 1 aliphatic rings. The van der Waals surface area contributed by atoms with Gasteiger partial charge in [0, 0.05) is 18.9 Å². The van der Waals surface area contributed by atoms with Crippen LogP contribution in [0.3, 0.4) is 0 Å². The summed E-state index contributed by atoms with van der Waals surface area (Å²) in [5.74, 6) is -0.654. The minimum absolute atomic E-state index is 0.173. The van der Waals surface area contributed by atoms with Gasteiger partial charge in [0.2, 0.25) is 6.79 Å². The summed E-state index contributed by atoms with van der Waals surface area (Å²) in [7, 11) is 0. The fraction of sp³-hybridized carbons (Fsp3) is 0.143. The van der Waals surface area contributed by atoms with Gasteiger partial charge in [-0.15, -0.1) is 0 Å². The van der Waals surface area contributed by atoms with Crippen molar-refractivity contribution < 1.29 is 24.2 Å². The van der Waals surface area contributed by atoms with Crippen molar-refractivity contribution in [2.45, 2.75) is 6.54 Å². The minimum atomic E-state index is -1.30. The molecule has 0 radical (unpaired) electrons. The van der Waals surface area contributed by atoms with Crippen LogP contribution in [0.1, 0.15) is 26.5 Å². The summed E-state index contributed by atoms with van der Waals surface area (Å²) >= 11 is 0. The normalized spacial score (nSPS) is 12.0. The Hall–Kier alpha value is -3.16. The van der Waals surface area contributed by atoms with E-state index in [1.54, 1.807) is 18.2 Å². The Morgan fingerprint density at radius 2 is 1.86 bits per heavy atom. The van der Waals surface area contributed by atoms with Crippen LogP contribution in [0.4, 0.5) is 0 Å². The number of carboxylic acid groups (broad SMARTS) is 1. The lowest BCUT2D eigenvalue weighted by molar-refractivity contribution is 0.0683. The summed E-state index contributed by atoms with van der Waals surface area (Å²) in [6.45, 7) is 0.373. The smallest absolute Gasteiger partial charge is 0.356 e. The first kappa shape index (κ1) is 13.8. The first-order valence-corrected chi connectivity index (χ1v) is 6.36. The van der Waals surface area contributed by atoms with Crippen LogP contribution in [-0.4, -0.2) is 33.7 Å². The molecule has 112 valence electrons. The summed E-state index contributed by atoms with van der Waals surface area (Å²) < 4.78 is 10.4. The Bertz CT molecular complexity index is 747. The first-order valence-electron chi connectivity index (χ1n) is 6.36. The molecular weight excluding hydrogens is 290 g/mol. The maximum atomic E-state index is 12.0. The molecule has 2 aromatic rings. The van der Waals surface area contributed by atoms with Gasteiger partial charge in [0.15, 0.2) is 22.9 Å². The van der Waals surface area contributed by atoms with Gasteiger partial charge in [-0.2, -0.15) is 0 Å². The van der Waals surface area contributed by atoms with E-state index in [1.165, 1.54) is 12.4 Å². The maximum Gasteiger partial charge on any atom is 0.356 e. The molecule has 0 unspecified atom stereocenters. The maximum absolute atomic E-state index is 12.0. The van der Waals surface area contributed by atoms with Crippen LogP contribution in [0.5, 0.6) is 11.5 Å². The van der Waals surface area contributed by atoms with E-state index in [2.05, 4.69) is 15.3 Å². The number of aromatic carboxylic acids is 1. The van der Waals surface area contributed by atoms with E-state index in [1.807, 2.05) is 0 Å². The van der Waals surface area contributed by atoms with Crippen LogP contribution in [0.2, 0.25) is 0 Å². The Morgan fingerprint density at radius 3 is 2.64 bits per heavy atom. The Morgan fingerprint density at radius 1 is 1.14 bits per heavy atom. The molecule has 1 amide bonds. The van der Waals surface area contributed by atoms with Gasteiger partial charge >= 0.3 is 5.97 Å². The second-order valence-corrected chi connectivity index (χ2v) is 4.43. The lowest BCUT2D eigenvalue weighted by Gasteiger charge is -2.07. The van der Waals surface area contributed by atoms with Crippen molar-refractivity contribution in [1.82, 2.24) is 15.3 Å². The third kappa shape index (κ3) is 2.66. The zero-order chi connectivity index (χ0) is 15.5. The molecular formula is C14H11N3O5. The zero-order valence-electron chi connectivity index (χ0n) is 11.3. The van der Waals surface area contributed by atoms with Crippen molar-refractivity contribution in [1.29, 1.82) is 0 Å². The minimum Gasteiger partial charge on any atom is -0.476 e. The summed E-state index contributed by atoms with van der Waals surface area (Å²) in [6, 6.07) is 5.27. The Balaban J connectivity index is 1.72. The Kier molecular flexibility index (Phi) is 3.57. The van der Waals surface area contributed by atoms with E-state index >= 15 is 0 Å². The van der Waals surface area contributed by atoms with Crippen LogP contribution in [0.25, 0.3) is 0 Å². The third-order valence-electron chi connectivity index (χ3n) is 3.01. The molecule has 8 heteroatoms. The zero-order valence-corrected chi connectivity index (χ0v) is 11.3. The van der Waals surface area contributed by atoms with Crippen LogP contribution in [0, 0.1) is 0 Å². The average molecular weight is 301 g/mol. The second kappa shape index (κ2) is 5.68. The first-order chi connectivity index (χ1) is 10.6. The summed E-state index contributed by atoms with van der Waals surface area (Å²) in [5, 5.41) is 11.6. The summed E-state index contributed by atoms with van der Waals surface area (Å²) in [4.78, 5) is 30.5. The molecule has 2 N–H and O–H groups in total. The highest BCUT2D eigenvalue weighted by Gasteiger charge is 2.19. The van der Waals surface area contributed by atoms with Gasteiger partial charge in [-0.3, -0.25) is 4.79 Å². The van der Waals surface area contributed by atoms with Gasteiger partial charge in [-0.25, -0.2) is 14.8 Å². The molecule has 1 aromatic heterocycles. The molecule has 0 saturated heterocycles. The number of fused-ring (bicyclic) bond motifs is 1. The van der Waals surface area contributed by atoms with Gasteiger partial charge in [0.1, 0.15) is 0 Å². The topological polar surface area (TPSA) is 111 Å². The van der Waals surface area contributed by atoms with Gasteiger partial charge in [0.25, 0.3) is 5.91 Å². The van der Waals surface area contributed by atoms with Crippen LogP contribution in [-0.2, 0) is 6.54 Å². The van der Waals surface area contributed by atoms with E-state index in [0.29, 0.717) is 11.5 Å². The number of nitrogens with zero attached hydrogens (tertiary/aromatic N) is 2. The fourth-order valence-corrected chi connectivity index (χ4v) is 1.98. The van der Waals surface area contributed by atoms with Crippen LogP contribution >= 0.6 is 0 Å². The quantitative estimate of drug-likeness (QED) is 0.860. The van der Waals surface area contributed by atoms with Crippen LogP contribution < -0.4 is 14.8 Å². The molecule has 0 spiro atoms. The highest BCUT2D eigenvalue weighted by molar-refractivity contribution is 6.01. The number of carbonyl (C=O) groups is 2. The van der Waals surface area contributed by atoms with Crippen molar-refractivity contribution in [3.05, 3.63) is 47.5 Å². The summed E-state index contributed by atoms with van der Waals surface area (Å²) in [6.07, 6.45) is 2.49. The second-order valence-electron chi connectivity index (χ2n) is 4.43. The van der Waals surface area contributed by atoms with Gasteiger partial charge < -0.3 is 19.9 Å². The van der Waals surface area contributed by atoms with E-state index < -0.39 is 11.9 Å². The number of carbonyl (C=O) groups excluding carboxylic acids is 1. The molecule has 0 atom stereocenters. The molecule has 1 aromatic carbocycles. The average Bonchev–Trinajstić information content (AvgIpc) is 3.00. The van der Waals surface area contributed by atoms with Gasteiger partial charge in [0.05, 0.1) is 0 Å². The van der Waals surface area contributed by atoms with Crippen molar-refractivity contribution in [2.24, 2.45) is 0 Å². The van der Waals surface area contributed by atoms with E-state index in [-0.39, 0.29) is 24.7 Å². The molecule has 3 rings (SSSR count). The van der Waals surface area contributed by atoms with E-state index in [4.69, 9.17) is 14.6 Å². The van der Waals surface area contributed by atoms with Gasteiger partial charge in [-0.1, -0.05) is 6.07 Å². The number of aromatic nitrogens is 2. The highest BCUT2D eigenvalue weighted by atomic mass is 16.7. The number of rotatable bonds is 4. The Labute approximate surface area is 124 Å². The number of hydrogen-bond donors (Lipinski definition) is 2. The molecule has 1 aliphatic heterocycles. The third-order valence-corrected chi connectivity index (χ3v) is 3.01. The molecule has 0 bridgehead atoms. The van der Waals surface area contributed by atoms with E-state index in [0.717, 1.165) is 5.56 Å². The van der Waals surface area contributed by atoms with Crippen molar-refractivity contribution in [3.63, 3.8) is 0 Å². The molecule has 2 heterocycles. The van der Waals surface area contributed by atoms with Gasteiger partial charge in [-0.05, 0) is 17.7 Å². The molecule has 0 fully saturated rings. The predicted octanol–water partition coefficient (Wildman–Crippen LogP) is 0.833. The molecule has 22 heavy (non-hydrogen) atoms. The molecule has 8 nitrogen and oxygen atoms in total. The summed E-state index contributed by atoms with van der Waals surface area (Å²) in [5.41, 5.74) is 0.180. The van der Waals surface area contributed by atoms with Crippen LogP contribution in [0.15, 0.2) is 30.6 Å².